The van der Waals surface area contributed by atoms with E-state index in [0.717, 1.165) is 13.1 Å². The van der Waals surface area contributed by atoms with Gasteiger partial charge in [0, 0.05) is 24.8 Å². The average Bonchev–Trinajstić information content (AvgIpc) is 2.31. The van der Waals surface area contributed by atoms with Crippen molar-refractivity contribution in [3.8, 4) is 0 Å². The molecule has 0 fully saturated rings. The molecule has 96 valence electrons. The summed E-state index contributed by atoms with van der Waals surface area (Å²) in [5.74, 6) is 0.651. The second-order valence-corrected chi connectivity index (χ2v) is 4.96. The number of aryl methyl sites for hydroxylation is 1. The second kappa shape index (κ2) is 6.65. The van der Waals surface area contributed by atoms with Crippen LogP contribution in [0.5, 0.6) is 0 Å². The molecule has 2 heteroatoms. The number of nitrogens with zero attached hydrogens (tertiary/aromatic N) is 1. The monoisotopic (exact) mass is 234 g/mol. The lowest BCUT2D eigenvalue weighted by Gasteiger charge is -2.31. The lowest BCUT2D eigenvalue weighted by molar-refractivity contribution is 0.424. The van der Waals surface area contributed by atoms with Gasteiger partial charge in [0.25, 0.3) is 0 Å². The molecule has 17 heavy (non-hydrogen) atoms. The van der Waals surface area contributed by atoms with Crippen LogP contribution in [0.3, 0.4) is 0 Å². The van der Waals surface area contributed by atoms with Crippen molar-refractivity contribution in [1.82, 2.24) is 5.32 Å². The van der Waals surface area contributed by atoms with Crippen LogP contribution in [0, 0.1) is 12.8 Å². The summed E-state index contributed by atoms with van der Waals surface area (Å²) in [6.45, 7) is 11.1. The quantitative estimate of drug-likeness (QED) is 0.814. The Bertz CT molecular complexity index is 333. The van der Waals surface area contributed by atoms with E-state index < -0.39 is 0 Å². The number of nitrogens with one attached hydrogen (secondary N) is 1. The molecule has 0 amide bonds. The third-order valence-corrected chi connectivity index (χ3v) is 3.43. The molecule has 1 N–H and O–H groups in total. The zero-order valence-electron chi connectivity index (χ0n) is 11.8. The molecule has 0 saturated heterocycles. The van der Waals surface area contributed by atoms with Crippen molar-refractivity contribution in [3.05, 3.63) is 29.8 Å². The summed E-state index contributed by atoms with van der Waals surface area (Å²) < 4.78 is 0. The van der Waals surface area contributed by atoms with E-state index in [0.29, 0.717) is 12.0 Å². The van der Waals surface area contributed by atoms with Crippen LogP contribution in [0.25, 0.3) is 0 Å². The first-order valence-electron chi connectivity index (χ1n) is 6.58. The van der Waals surface area contributed by atoms with Gasteiger partial charge >= 0.3 is 0 Å². The molecule has 1 rings (SSSR count). The molecule has 0 aliphatic carbocycles. The Morgan fingerprint density at radius 3 is 2.35 bits per heavy atom. The van der Waals surface area contributed by atoms with Crippen LogP contribution in [0.15, 0.2) is 24.3 Å². The van der Waals surface area contributed by atoms with E-state index in [9.17, 15) is 0 Å². The Balaban J connectivity index is 2.82. The molecule has 0 spiro atoms. The summed E-state index contributed by atoms with van der Waals surface area (Å²) in [4.78, 5) is 2.45. The molecule has 0 bridgehead atoms. The Morgan fingerprint density at radius 2 is 1.88 bits per heavy atom. The van der Waals surface area contributed by atoms with E-state index in [4.69, 9.17) is 0 Å². The van der Waals surface area contributed by atoms with Gasteiger partial charge < -0.3 is 10.2 Å². The van der Waals surface area contributed by atoms with Crippen LogP contribution >= 0.6 is 0 Å². The fourth-order valence-electron chi connectivity index (χ4n) is 2.19. The minimum atomic E-state index is 0.537. The van der Waals surface area contributed by atoms with Gasteiger partial charge in [-0.1, -0.05) is 32.0 Å². The Hall–Kier alpha value is -1.02. The Kier molecular flexibility index (Phi) is 5.49. The van der Waals surface area contributed by atoms with Crippen molar-refractivity contribution in [2.24, 2.45) is 5.92 Å². The Labute approximate surface area is 106 Å². The number of rotatable bonds is 6. The first-order chi connectivity index (χ1) is 8.10. The molecule has 1 aromatic rings. The number of likely N-dealkylation sites (N-methyl/N-ethyl adjacent to an activating group) is 2. The van der Waals surface area contributed by atoms with Crippen molar-refractivity contribution in [2.75, 3.05) is 25.0 Å². The zero-order chi connectivity index (χ0) is 12.8. The molecule has 1 aromatic carbocycles. The van der Waals surface area contributed by atoms with Crippen LogP contribution < -0.4 is 10.2 Å². The maximum atomic E-state index is 3.41. The van der Waals surface area contributed by atoms with Gasteiger partial charge in [-0.25, -0.2) is 0 Å². The maximum absolute atomic E-state index is 3.41. The van der Waals surface area contributed by atoms with Crippen molar-refractivity contribution in [2.45, 2.75) is 33.7 Å². The van der Waals surface area contributed by atoms with Gasteiger partial charge in [-0.2, -0.15) is 0 Å². The number of benzene rings is 1. The molecule has 0 saturated carbocycles. The second-order valence-electron chi connectivity index (χ2n) is 4.96. The predicted molar refractivity (Wildman–Crippen MR) is 76.8 cm³/mol. The topological polar surface area (TPSA) is 15.3 Å². The van der Waals surface area contributed by atoms with Crippen molar-refractivity contribution >= 4 is 5.69 Å². The summed E-state index contributed by atoms with van der Waals surface area (Å²) >= 11 is 0. The highest BCUT2D eigenvalue weighted by Gasteiger charge is 2.16. The van der Waals surface area contributed by atoms with E-state index in [2.05, 4.69) is 69.2 Å². The van der Waals surface area contributed by atoms with Crippen LogP contribution in [0.2, 0.25) is 0 Å². The van der Waals surface area contributed by atoms with Crippen LogP contribution in [-0.4, -0.2) is 26.2 Å². The van der Waals surface area contributed by atoms with Gasteiger partial charge in [0.05, 0.1) is 0 Å². The molecule has 0 aromatic heterocycles. The number of hydrogen-bond donors (Lipinski definition) is 1. The number of hydrogen-bond acceptors (Lipinski definition) is 2. The first-order valence-corrected chi connectivity index (χ1v) is 6.58. The standard InChI is InChI=1S/C15H26N2/c1-6-17(11-14(16-5)12(2)3)15-10-8-7-9-13(15)4/h7-10,12,14,16H,6,11H2,1-5H3. The first kappa shape index (κ1) is 14.0. The number of para-hydroxylation sites is 1. The average molecular weight is 234 g/mol. The highest BCUT2D eigenvalue weighted by Crippen LogP contribution is 2.20. The lowest BCUT2D eigenvalue weighted by Crippen LogP contribution is -2.43. The summed E-state index contributed by atoms with van der Waals surface area (Å²) in [5, 5.41) is 3.41. The van der Waals surface area contributed by atoms with Crippen molar-refractivity contribution in [3.63, 3.8) is 0 Å². The molecular weight excluding hydrogens is 208 g/mol. The zero-order valence-corrected chi connectivity index (χ0v) is 11.8. The molecule has 1 unspecified atom stereocenters. The third kappa shape index (κ3) is 3.74. The lowest BCUT2D eigenvalue weighted by atomic mass is 10.0. The largest absolute Gasteiger partial charge is 0.370 e. The molecule has 1 atom stereocenters. The summed E-state index contributed by atoms with van der Waals surface area (Å²) in [5.41, 5.74) is 2.71. The van der Waals surface area contributed by atoms with Gasteiger partial charge in [-0.15, -0.1) is 0 Å². The van der Waals surface area contributed by atoms with E-state index in [1.165, 1.54) is 11.3 Å². The van der Waals surface area contributed by atoms with E-state index in [1.54, 1.807) is 0 Å². The van der Waals surface area contributed by atoms with E-state index in [1.807, 2.05) is 0 Å². The minimum absolute atomic E-state index is 0.537. The van der Waals surface area contributed by atoms with Gasteiger partial charge in [-0.05, 0) is 38.4 Å². The van der Waals surface area contributed by atoms with E-state index in [-0.39, 0.29) is 0 Å². The van der Waals surface area contributed by atoms with Gasteiger partial charge in [0.2, 0.25) is 0 Å². The maximum Gasteiger partial charge on any atom is 0.0396 e. The van der Waals surface area contributed by atoms with Gasteiger partial charge in [0.1, 0.15) is 0 Å². The fourth-order valence-corrected chi connectivity index (χ4v) is 2.19. The van der Waals surface area contributed by atoms with Crippen LogP contribution in [-0.2, 0) is 0 Å². The molecule has 0 heterocycles. The van der Waals surface area contributed by atoms with Gasteiger partial charge in [0.15, 0.2) is 0 Å². The van der Waals surface area contributed by atoms with Gasteiger partial charge in [-0.3, -0.25) is 0 Å². The van der Waals surface area contributed by atoms with E-state index >= 15 is 0 Å². The van der Waals surface area contributed by atoms with Crippen LogP contribution in [0.4, 0.5) is 5.69 Å². The molecule has 0 aliphatic rings. The minimum Gasteiger partial charge on any atom is -0.370 e. The van der Waals surface area contributed by atoms with Crippen molar-refractivity contribution in [1.29, 1.82) is 0 Å². The highest BCUT2D eigenvalue weighted by molar-refractivity contribution is 5.53. The smallest absolute Gasteiger partial charge is 0.0396 e. The summed E-state index contributed by atoms with van der Waals surface area (Å²) in [6, 6.07) is 9.15. The molecular formula is C15H26N2. The summed E-state index contributed by atoms with van der Waals surface area (Å²) in [6.07, 6.45) is 0. The SMILES string of the molecule is CCN(CC(NC)C(C)C)c1ccccc1C. The summed E-state index contributed by atoms with van der Waals surface area (Å²) in [7, 11) is 2.05. The predicted octanol–water partition coefficient (Wildman–Crippen LogP) is 3.07. The highest BCUT2D eigenvalue weighted by atomic mass is 15.1. The normalized spacial score (nSPS) is 12.8. The third-order valence-electron chi connectivity index (χ3n) is 3.43. The van der Waals surface area contributed by atoms with Crippen LogP contribution in [0.1, 0.15) is 26.3 Å². The molecule has 2 nitrogen and oxygen atoms in total. The number of anilines is 1. The molecule has 0 aliphatic heterocycles. The molecule has 0 radical (unpaired) electrons. The fraction of sp³-hybridized carbons (Fsp3) is 0.600. The Morgan fingerprint density at radius 1 is 1.24 bits per heavy atom. The van der Waals surface area contributed by atoms with Crippen molar-refractivity contribution < 1.29 is 0 Å².